The van der Waals surface area contributed by atoms with E-state index in [0.717, 1.165) is 24.7 Å². The minimum atomic E-state index is 0. The van der Waals surface area contributed by atoms with Gasteiger partial charge in [0.1, 0.15) is 5.75 Å². The van der Waals surface area contributed by atoms with Gasteiger partial charge in [0.15, 0.2) is 5.96 Å². The van der Waals surface area contributed by atoms with Crippen LogP contribution in [0, 0.1) is 0 Å². The van der Waals surface area contributed by atoms with Crippen molar-refractivity contribution in [2.24, 2.45) is 4.99 Å². The van der Waals surface area contributed by atoms with Crippen molar-refractivity contribution in [1.82, 2.24) is 10.6 Å². The van der Waals surface area contributed by atoms with Gasteiger partial charge in [0.2, 0.25) is 0 Å². The first-order chi connectivity index (χ1) is 8.86. The summed E-state index contributed by atoms with van der Waals surface area (Å²) in [6.07, 6.45) is 2.72. The van der Waals surface area contributed by atoms with Gasteiger partial charge in [0.25, 0.3) is 0 Å². The van der Waals surface area contributed by atoms with Crippen molar-refractivity contribution in [3.05, 3.63) is 43.0 Å². The second-order valence-corrected chi connectivity index (χ2v) is 3.68. The molecule has 0 heterocycles. The van der Waals surface area contributed by atoms with Gasteiger partial charge in [-0.3, -0.25) is 4.99 Å². The standard InChI is InChI=1S/C14H21N3O.HI/c1-3-10-16-14(15-2)17-11-7-12-18-13-8-5-4-6-9-13;/h3-6,8-9H,1,7,10-12H2,2H3,(H2,15,16,17);1H. The Morgan fingerprint density at radius 2 is 2.05 bits per heavy atom. The van der Waals surface area contributed by atoms with Crippen molar-refractivity contribution in [3.63, 3.8) is 0 Å². The predicted molar refractivity (Wildman–Crippen MR) is 91.5 cm³/mol. The normalized spacial score (nSPS) is 10.3. The van der Waals surface area contributed by atoms with Crippen molar-refractivity contribution in [1.29, 1.82) is 0 Å². The van der Waals surface area contributed by atoms with Crippen molar-refractivity contribution < 1.29 is 4.74 Å². The summed E-state index contributed by atoms with van der Waals surface area (Å²) in [7, 11) is 1.75. The Labute approximate surface area is 132 Å². The lowest BCUT2D eigenvalue weighted by atomic mass is 10.3. The highest BCUT2D eigenvalue weighted by molar-refractivity contribution is 14.0. The first kappa shape index (κ1) is 17.8. The number of halogens is 1. The molecule has 1 aromatic carbocycles. The summed E-state index contributed by atoms with van der Waals surface area (Å²) in [5.74, 6) is 1.70. The molecule has 0 radical (unpaired) electrons. The fourth-order valence-corrected chi connectivity index (χ4v) is 1.38. The van der Waals surface area contributed by atoms with Crippen molar-refractivity contribution >= 4 is 29.9 Å². The molecule has 0 bridgehead atoms. The van der Waals surface area contributed by atoms with Gasteiger partial charge in [0, 0.05) is 20.1 Å². The topological polar surface area (TPSA) is 45.7 Å². The molecule has 2 N–H and O–H groups in total. The van der Waals surface area contributed by atoms with Crippen LogP contribution in [0.25, 0.3) is 0 Å². The highest BCUT2D eigenvalue weighted by Crippen LogP contribution is 2.07. The number of nitrogens with one attached hydrogen (secondary N) is 2. The van der Waals surface area contributed by atoms with E-state index in [1.54, 1.807) is 13.1 Å². The number of aliphatic imine (C=N–C) groups is 1. The average Bonchev–Trinajstić information content (AvgIpc) is 2.43. The van der Waals surface area contributed by atoms with Gasteiger partial charge in [-0.2, -0.15) is 0 Å². The zero-order valence-corrected chi connectivity index (χ0v) is 13.6. The Kier molecular flexibility index (Phi) is 11.1. The summed E-state index contributed by atoms with van der Waals surface area (Å²) >= 11 is 0. The molecule has 0 fully saturated rings. The molecule has 0 spiro atoms. The molecule has 0 aromatic heterocycles. The Morgan fingerprint density at radius 1 is 1.32 bits per heavy atom. The van der Waals surface area contributed by atoms with E-state index in [-0.39, 0.29) is 24.0 Å². The Balaban J connectivity index is 0.00000324. The van der Waals surface area contributed by atoms with Crippen LogP contribution in [0.4, 0.5) is 0 Å². The summed E-state index contributed by atoms with van der Waals surface area (Å²) < 4.78 is 5.59. The maximum Gasteiger partial charge on any atom is 0.191 e. The van der Waals surface area contributed by atoms with Crippen LogP contribution < -0.4 is 15.4 Å². The van der Waals surface area contributed by atoms with Crippen LogP contribution in [0.15, 0.2) is 48.0 Å². The van der Waals surface area contributed by atoms with Crippen LogP contribution in [0.3, 0.4) is 0 Å². The molecule has 0 atom stereocenters. The van der Waals surface area contributed by atoms with Crippen LogP contribution in [-0.4, -0.2) is 32.7 Å². The summed E-state index contributed by atoms with van der Waals surface area (Å²) in [4.78, 5) is 4.09. The third kappa shape index (κ3) is 8.47. The highest BCUT2D eigenvalue weighted by Gasteiger charge is 1.95. The van der Waals surface area contributed by atoms with Gasteiger partial charge in [0.05, 0.1) is 6.61 Å². The van der Waals surface area contributed by atoms with E-state index >= 15 is 0 Å². The molecule has 19 heavy (non-hydrogen) atoms. The second kappa shape index (κ2) is 11.8. The molecule has 0 aliphatic heterocycles. The van der Waals surface area contributed by atoms with Crippen molar-refractivity contribution in [2.75, 3.05) is 26.7 Å². The fraction of sp³-hybridized carbons (Fsp3) is 0.357. The van der Waals surface area contributed by atoms with Gasteiger partial charge in [-0.1, -0.05) is 24.3 Å². The number of para-hydroxylation sites is 1. The van der Waals surface area contributed by atoms with Gasteiger partial charge in [-0.25, -0.2) is 0 Å². The lowest BCUT2D eigenvalue weighted by Crippen LogP contribution is -2.38. The molecule has 0 aliphatic rings. The number of hydrogen-bond donors (Lipinski definition) is 2. The molecule has 0 unspecified atom stereocenters. The van der Waals surface area contributed by atoms with Crippen LogP contribution in [0.5, 0.6) is 5.75 Å². The third-order valence-corrected chi connectivity index (χ3v) is 2.26. The first-order valence-corrected chi connectivity index (χ1v) is 6.10. The van der Waals surface area contributed by atoms with Crippen LogP contribution >= 0.6 is 24.0 Å². The van der Waals surface area contributed by atoms with Gasteiger partial charge >= 0.3 is 0 Å². The Bertz CT molecular complexity index is 368. The smallest absolute Gasteiger partial charge is 0.191 e. The molecule has 0 aliphatic carbocycles. The van der Waals surface area contributed by atoms with E-state index in [1.807, 2.05) is 30.3 Å². The lowest BCUT2D eigenvalue weighted by Gasteiger charge is -2.10. The SMILES string of the molecule is C=CCNC(=NC)NCCCOc1ccccc1.I. The van der Waals surface area contributed by atoms with E-state index in [4.69, 9.17) is 4.74 Å². The quantitative estimate of drug-likeness (QED) is 0.253. The molecule has 5 heteroatoms. The fourth-order valence-electron chi connectivity index (χ4n) is 1.38. The summed E-state index contributed by atoms with van der Waals surface area (Å²) in [5.41, 5.74) is 0. The average molecular weight is 375 g/mol. The largest absolute Gasteiger partial charge is 0.494 e. The molecule has 0 saturated heterocycles. The zero-order chi connectivity index (χ0) is 13.1. The van der Waals surface area contributed by atoms with Gasteiger partial charge < -0.3 is 15.4 Å². The number of hydrogen-bond acceptors (Lipinski definition) is 2. The molecule has 4 nitrogen and oxygen atoms in total. The van der Waals surface area contributed by atoms with Crippen molar-refractivity contribution in [3.8, 4) is 5.75 Å². The van der Waals surface area contributed by atoms with Crippen LogP contribution in [-0.2, 0) is 0 Å². The zero-order valence-electron chi connectivity index (χ0n) is 11.3. The van der Waals surface area contributed by atoms with E-state index in [1.165, 1.54) is 0 Å². The van der Waals surface area contributed by atoms with E-state index in [0.29, 0.717) is 13.2 Å². The summed E-state index contributed by atoms with van der Waals surface area (Å²) in [6.45, 7) is 5.87. The number of guanidine groups is 1. The molecular formula is C14H22IN3O. The predicted octanol–water partition coefficient (Wildman–Crippen LogP) is 2.42. The number of ether oxygens (including phenoxy) is 1. The van der Waals surface area contributed by atoms with Gasteiger partial charge in [-0.15, -0.1) is 30.6 Å². The summed E-state index contributed by atoms with van der Waals surface area (Å²) in [6, 6.07) is 9.82. The first-order valence-electron chi connectivity index (χ1n) is 6.10. The Morgan fingerprint density at radius 3 is 2.68 bits per heavy atom. The summed E-state index contributed by atoms with van der Waals surface area (Å²) in [5, 5.41) is 6.31. The molecule has 1 aromatic rings. The number of benzene rings is 1. The van der Waals surface area contributed by atoms with E-state index < -0.39 is 0 Å². The highest BCUT2D eigenvalue weighted by atomic mass is 127. The van der Waals surface area contributed by atoms with E-state index in [2.05, 4.69) is 22.2 Å². The second-order valence-electron chi connectivity index (χ2n) is 3.68. The Hall–Kier alpha value is -1.24. The van der Waals surface area contributed by atoms with E-state index in [9.17, 15) is 0 Å². The number of nitrogens with zero attached hydrogens (tertiary/aromatic N) is 1. The maximum atomic E-state index is 5.59. The number of rotatable bonds is 7. The molecular weight excluding hydrogens is 353 g/mol. The van der Waals surface area contributed by atoms with Crippen LogP contribution in [0.1, 0.15) is 6.42 Å². The van der Waals surface area contributed by atoms with Gasteiger partial charge in [-0.05, 0) is 18.6 Å². The van der Waals surface area contributed by atoms with Crippen LogP contribution in [0.2, 0.25) is 0 Å². The molecule has 0 amide bonds. The molecule has 0 saturated carbocycles. The maximum absolute atomic E-state index is 5.59. The monoisotopic (exact) mass is 375 g/mol. The lowest BCUT2D eigenvalue weighted by molar-refractivity contribution is 0.311. The molecule has 106 valence electrons. The minimum absolute atomic E-state index is 0. The third-order valence-electron chi connectivity index (χ3n) is 2.26. The molecule has 1 rings (SSSR count). The van der Waals surface area contributed by atoms with Crippen molar-refractivity contribution in [2.45, 2.75) is 6.42 Å². The minimum Gasteiger partial charge on any atom is -0.494 e.